The normalized spacial score (nSPS) is 19.8. The van der Waals surface area contributed by atoms with E-state index in [0.29, 0.717) is 24.6 Å². The minimum absolute atomic E-state index is 0.00356. The van der Waals surface area contributed by atoms with Crippen LogP contribution in [-0.4, -0.2) is 63.5 Å². The molecule has 2 aromatic rings. The highest BCUT2D eigenvalue weighted by Crippen LogP contribution is 2.53. The molecule has 0 bridgehead atoms. The van der Waals surface area contributed by atoms with Crippen LogP contribution < -0.4 is 10.6 Å². The van der Waals surface area contributed by atoms with Crippen molar-refractivity contribution in [3.8, 4) is 0 Å². The van der Waals surface area contributed by atoms with Crippen LogP contribution in [0.5, 0.6) is 0 Å². The molecule has 1 atom stereocenters. The number of anilines is 1. The average molecular weight is 422 g/mol. The third-order valence-electron chi connectivity index (χ3n) is 5.67. The van der Waals surface area contributed by atoms with Crippen molar-refractivity contribution in [3.63, 3.8) is 0 Å². The summed E-state index contributed by atoms with van der Waals surface area (Å²) >= 11 is 0. The summed E-state index contributed by atoms with van der Waals surface area (Å²) < 4.78 is 36.9. The van der Waals surface area contributed by atoms with Crippen LogP contribution in [0.1, 0.15) is 29.6 Å². The SMILES string of the molecule is C=CC(=O)N1CC(Nc2cnc3[nH]cc(C(=O)NCCC(F)(F)F)c3n2)C2(CC2)C1. The van der Waals surface area contributed by atoms with Crippen LogP contribution in [0.3, 0.4) is 0 Å². The first-order valence-corrected chi connectivity index (χ1v) is 9.58. The van der Waals surface area contributed by atoms with Crippen molar-refractivity contribution in [1.82, 2.24) is 25.2 Å². The molecule has 11 heteroatoms. The lowest BCUT2D eigenvalue weighted by molar-refractivity contribution is -0.133. The Kier molecular flexibility index (Phi) is 4.91. The highest BCUT2D eigenvalue weighted by molar-refractivity contribution is 6.04. The van der Waals surface area contributed by atoms with Gasteiger partial charge in [-0.1, -0.05) is 6.58 Å². The van der Waals surface area contributed by atoms with Crippen molar-refractivity contribution >= 4 is 28.8 Å². The number of hydrogen-bond acceptors (Lipinski definition) is 5. The van der Waals surface area contributed by atoms with Crippen LogP contribution in [0.2, 0.25) is 0 Å². The number of halogens is 3. The van der Waals surface area contributed by atoms with Crippen LogP contribution in [0.25, 0.3) is 11.2 Å². The van der Waals surface area contributed by atoms with Gasteiger partial charge in [0.25, 0.3) is 5.91 Å². The molecule has 3 N–H and O–H groups in total. The van der Waals surface area contributed by atoms with E-state index in [1.54, 1.807) is 4.90 Å². The summed E-state index contributed by atoms with van der Waals surface area (Å²) in [6.45, 7) is 4.19. The van der Waals surface area contributed by atoms with E-state index >= 15 is 0 Å². The van der Waals surface area contributed by atoms with Crippen molar-refractivity contribution in [2.75, 3.05) is 25.0 Å². The largest absolute Gasteiger partial charge is 0.390 e. The van der Waals surface area contributed by atoms with E-state index in [-0.39, 0.29) is 28.4 Å². The predicted molar refractivity (Wildman–Crippen MR) is 103 cm³/mol. The van der Waals surface area contributed by atoms with Crippen molar-refractivity contribution in [2.24, 2.45) is 5.41 Å². The van der Waals surface area contributed by atoms with Crippen molar-refractivity contribution in [2.45, 2.75) is 31.5 Å². The Bertz CT molecular complexity index is 998. The Morgan fingerprint density at radius 1 is 1.40 bits per heavy atom. The first-order chi connectivity index (χ1) is 14.2. The second-order valence-electron chi connectivity index (χ2n) is 7.76. The van der Waals surface area contributed by atoms with Crippen LogP contribution in [0, 0.1) is 5.41 Å². The monoisotopic (exact) mass is 422 g/mol. The van der Waals surface area contributed by atoms with Crippen LogP contribution in [-0.2, 0) is 4.79 Å². The minimum Gasteiger partial charge on any atom is -0.364 e. The summed E-state index contributed by atoms with van der Waals surface area (Å²) in [5.74, 6) is -0.328. The Labute approximate surface area is 169 Å². The maximum absolute atomic E-state index is 12.3. The van der Waals surface area contributed by atoms with Gasteiger partial charge in [0, 0.05) is 31.2 Å². The molecule has 160 valence electrons. The molecule has 1 aliphatic heterocycles. The second kappa shape index (κ2) is 7.29. The van der Waals surface area contributed by atoms with Gasteiger partial charge in [0.15, 0.2) is 5.65 Å². The number of aromatic nitrogens is 3. The van der Waals surface area contributed by atoms with Crippen LogP contribution >= 0.6 is 0 Å². The molecule has 2 fully saturated rings. The molecule has 1 spiro atoms. The molecular formula is C19H21F3N6O2. The molecule has 0 radical (unpaired) electrons. The van der Waals surface area contributed by atoms with Gasteiger partial charge in [-0.05, 0) is 18.9 Å². The summed E-state index contributed by atoms with van der Waals surface area (Å²) in [4.78, 5) is 37.5. The van der Waals surface area contributed by atoms with Gasteiger partial charge in [-0.25, -0.2) is 9.97 Å². The summed E-state index contributed by atoms with van der Waals surface area (Å²) in [5.41, 5.74) is 0.758. The van der Waals surface area contributed by atoms with Gasteiger partial charge in [-0.3, -0.25) is 9.59 Å². The average Bonchev–Trinajstić information content (AvgIpc) is 3.20. The quantitative estimate of drug-likeness (QED) is 0.620. The first kappa shape index (κ1) is 20.2. The van der Waals surface area contributed by atoms with Crippen LogP contribution in [0.15, 0.2) is 25.0 Å². The van der Waals surface area contributed by atoms with E-state index in [4.69, 9.17) is 0 Å². The Hall–Kier alpha value is -3.11. The van der Waals surface area contributed by atoms with E-state index in [1.807, 2.05) is 0 Å². The standard InChI is InChI=1S/C19H21F3N6O2/c1-2-14(29)28-9-12(18(10-28)3-4-18)26-13-8-25-16-15(27-13)11(7-24-16)17(30)23-6-5-19(20,21)22/h2,7-8,12H,1,3-6,9-10H2,(H,23,30)(H,24,25)(H,26,27). The number of aromatic amines is 1. The number of likely N-dealkylation sites (tertiary alicyclic amines) is 1. The van der Waals surface area contributed by atoms with Crippen molar-refractivity contribution < 1.29 is 22.8 Å². The number of amides is 2. The molecule has 2 aliphatic rings. The molecule has 1 aliphatic carbocycles. The highest BCUT2D eigenvalue weighted by atomic mass is 19.4. The predicted octanol–water partition coefficient (Wildman–Crippen LogP) is 2.23. The van der Waals surface area contributed by atoms with Gasteiger partial charge >= 0.3 is 6.18 Å². The zero-order valence-corrected chi connectivity index (χ0v) is 16.1. The van der Waals surface area contributed by atoms with Gasteiger partial charge in [0.1, 0.15) is 11.3 Å². The number of H-pyrrole nitrogens is 1. The van der Waals surface area contributed by atoms with E-state index < -0.39 is 25.0 Å². The molecule has 4 rings (SSSR count). The Balaban J connectivity index is 1.48. The highest BCUT2D eigenvalue weighted by Gasteiger charge is 2.56. The smallest absolute Gasteiger partial charge is 0.364 e. The Morgan fingerprint density at radius 3 is 2.83 bits per heavy atom. The second-order valence-corrected chi connectivity index (χ2v) is 7.76. The molecule has 1 saturated heterocycles. The maximum atomic E-state index is 12.3. The summed E-state index contributed by atoms with van der Waals surface area (Å²) in [6, 6.07) is -0.00356. The lowest BCUT2D eigenvalue weighted by atomic mass is 10.0. The van der Waals surface area contributed by atoms with Gasteiger partial charge in [0.05, 0.1) is 24.2 Å². The number of nitrogens with zero attached hydrogens (tertiary/aromatic N) is 3. The number of carbonyl (C=O) groups is 2. The topological polar surface area (TPSA) is 103 Å². The lowest BCUT2D eigenvalue weighted by Crippen LogP contribution is -2.31. The number of rotatable bonds is 6. The number of alkyl halides is 3. The maximum Gasteiger partial charge on any atom is 0.390 e. The van der Waals surface area contributed by atoms with Crippen molar-refractivity contribution in [3.05, 3.63) is 30.6 Å². The number of nitrogens with one attached hydrogen (secondary N) is 3. The minimum atomic E-state index is -4.34. The van der Waals surface area contributed by atoms with Crippen molar-refractivity contribution in [1.29, 1.82) is 0 Å². The third kappa shape index (κ3) is 3.96. The van der Waals surface area contributed by atoms with E-state index in [9.17, 15) is 22.8 Å². The molecule has 2 aromatic heterocycles. The summed E-state index contributed by atoms with van der Waals surface area (Å²) in [6.07, 6.45) is 0.747. The summed E-state index contributed by atoms with van der Waals surface area (Å²) in [5, 5.41) is 5.57. The zero-order valence-electron chi connectivity index (χ0n) is 16.1. The molecular weight excluding hydrogens is 401 g/mol. The molecule has 0 aromatic carbocycles. The number of carbonyl (C=O) groups excluding carboxylic acids is 2. The fourth-order valence-corrected chi connectivity index (χ4v) is 3.86. The number of hydrogen-bond donors (Lipinski definition) is 3. The molecule has 1 unspecified atom stereocenters. The lowest BCUT2D eigenvalue weighted by Gasteiger charge is -2.18. The van der Waals surface area contributed by atoms with Gasteiger partial charge < -0.3 is 20.5 Å². The van der Waals surface area contributed by atoms with E-state index in [1.165, 1.54) is 18.5 Å². The van der Waals surface area contributed by atoms with E-state index in [2.05, 4.69) is 32.2 Å². The fraction of sp³-hybridized carbons (Fsp3) is 0.474. The van der Waals surface area contributed by atoms with Gasteiger partial charge in [-0.2, -0.15) is 13.2 Å². The molecule has 30 heavy (non-hydrogen) atoms. The van der Waals surface area contributed by atoms with Crippen LogP contribution in [0.4, 0.5) is 19.0 Å². The third-order valence-corrected chi connectivity index (χ3v) is 5.67. The van der Waals surface area contributed by atoms with Gasteiger partial charge in [0.2, 0.25) is 5.91 Å². The Morgan fingerprint density at radius 2 is 2.17 bits per heavy atom. The molecule has 1 saturated carbocycles. The zero-order chi connectivity index (χ0) is 21.5. The number of fused-ring (bicyclic) bond motifs is 1. The van der Waals surface area contributed by atoms with E-state index in [0.717, 1.165) is 12.8 Å². The molecule has 3 heterocycles. The first-order valence-electron chi connectivity index (χ1n) is 9.58. The van der Waals surface area contributed by atoms with Gasteiger partial charge in [-0.15, -0.1) is 0 Å². The summed E-state index contributed by atoms with van der Waals surface area (Å²) in [7, 11) is 0. The molecule has 8 nitrogen and oxygen atoms in total. The fourth-order valence-electron chi connectivity index (χ4n) is 3.86. The molecule has 2 amide bonds.